The molecule has 0 aliphatic rings. The van der Waals surface area contributed by atoms with Crippen LogP contribution in [0.15, 0.2) is 12.4 Å². The van der Waals surface area contributed by atoms with Crippen molar-refractivity contribution in [3.63, 3.8) is 0 Å². The first-order chi connectivity index (χ1) is 9.06. The minimum absolute atomic E-state index is 0.146. The van der Waals surface area contributed by atoms with Crippen LogP contribution in [0.3, 0.4) is 0 Å². The maximum absolute atomic E-state index is 6.29. The highest BCUT2D eigenvalue weighted by Crippen LogP contribution is 2.32. The standard InChI is InChI=1S/C14H19Cl2N3/c1-4-5-6-9(2)19-13-11(16)7-17-8-12(13)18-14(19)10(3)15/h7-10H,4-6H2,1-3H3. The van der Waals surface area contributed by atoms with Gasteiger partial charge >= 0.3 is 0 Å². The van der Waals surface area contributed by atoms with Crippen molar-refractivity contribution in [3.05, 3.63) is 23.2 Å². The largest absolute Gasteiger partial charge is 0.323 e. The molecular formula is C14H19Cl2N3. The first-order valence-corrected chi connectivity index (χ1v) is 7.53. The number of hydrogen-bond acceptors (Lipinski definition) is 2. The van der Waals surface area contributed by atoms with E-state index in [1.54, 1.807) is 12.4 Å². The van der Waals surface area contributed by atoms with E-state index in [0.29, 0.717) is 11.1 Å². The highest BCUT2D eigenvalue weighted by molar-refractivity contribution is 6.34. The lowest BCUT2D eigenvalue weighted by molar-refractivity contribution is 0.480. The van der Waals surface area contributed by atoms with Crippen molar-refractivity contribution < 1.29 is 0 Å². The monoisotopic (exact) mass is 299 g/mol. The maximum atomic E-state index is 6.29. The van der Waals surface area contributed by atoms with Crippen molar-refractivity contribution in [2.24, 2.45) is 0 Å². The summed E-state index contributed by atoms with van der Waals surface area (Å²) in [7, 11) is 0. The first-order valence-electron chi connectivity index (χ1n) is 6.71. The molecule has 0 saturated carbocycles. The molecule has 0 aromatic carbocycles. The summed E-state index contributed by atoms with van der Waals surface area (Å²) in [5.41, 5.74) is 1.76. The highest BCUT2D eigenvalue weighted by atomic mass is 35.5. The molecule has 0 spiro atoms. The fraction of sp³-hybridized carbons (Fsp3) is 0.571. The molecule has 2 aromatic heterocycles. The fourth-order valence-corrected chi connectivity index (χ4v) is 2.78. The summed E-state index contributed by atoms with van der Waals surface area (Å²) in [6.45, 7) is 6.32. The molecule has 0 saturated heterocycles. The Labute approximate surface area is 123 Å². The molecule has 0 amide bonds. The van der Waals surface area contributed by atoms with Crippen molar-refractivity contribution in [2.75, 3.05) is 0 Å². The number of alkyl halides is 1. The van der Waals surface area contributed by atoms with Crippen LogP contribution in [0.2, 0.25) is 5.02 Å². The molecule has 0 aliphatic heterocycles. The molecule has 3 nitrogen and oxygen atoms in total. The first kappa shape index (κ1) is 14.6. The third-order valence-electron chi connectivity index (χ3n) is 3.35. The summed E-state index contributed by atoms with van der Waals surface area (Å²) in [4.78, 5) is 8.68. The number of imidazole rings is 1. The number of aromatic nitrogens is 3. The highest BCUT2D eigenvalue weighted by Gasteiger charge is 2.20. The van der Waals surface area contributed by atoms with Crippen LogP contribution in [0.4, 0.5) is 0 Å². The number of fused-ring (bicyclic) bond motifs is 1. The minimum Gasteiger partial charge on any atom is -0.323 e. The van der Waals surface area contributed by atoms with Gasteiger partial charge < -0.3 is 4.57 Å². The average Bonchev–Trinajstić information content (AvgIpc) is 2.77. The zero-order chi connectivity index (χ0) is 14.0. The Morgan fingerprint density at radius 2 is 2.05 bits per heavy atom. The van der Waals surface area contributed by atoms with E-state index in [0.717, 1.165) is 23.3 Å². The summed E-state index contributed by atoms with van der Waals surface area (Å²) in [6.07, 6.45) is 6.86. The molecule has 0 fully saturated rings. The third kappa shape index (κ3) is 2.87. The molecule has 5 heteroatoms. The van der Waals surface area contributed by atoms with E-state index in [4.69, 9.17) is 23.2 Å². The van der Waals surface area contributed by atoms with Gasteiger partial charge in [-0.15, -0.1) is 11.6 Å². The number of rotatable bonds is 5. The van der Waals surface area contributed by atoms with Crippen molar-refractivity contribution in [3.8, 4) is 0 Å². The smallest absolute Gasteiger partial charge is 0.128 e. The van der Waals surface area contributed by atoms with Gasteiger partial charge in [-0.05, 0) is 20.3 Å². The predicted molar refractivity (Wildman–Crippen MR) is 81.0 cm³/mol. The molecule has 0 N–H and O–H groups in total. The molecular weight excluding hydrogens is 281 g/mol. The average molecular weight is 300 g/mol. The van der Waals surface area contributed by atoms with E-state index in [1.165, 1.54) is 12.8 Å². The van der Waals surface area contributed by atoms with Gasteiger partial charge in [0, 0.05) is 12.2 Å². The molecule has 2 aromatic rings. The van der Waals surface area contributed by atoms with Gasteiger partial charge in [-0.3, -0.25) is 4.98 Å². The van der Waals surface area contributed by atoms with Crippen LogP contribution in [0.5, 0.6) is 0 Å². The van der Waals surface area contributed by atoms with Crippen LogP contribution in [0, 0.1) is 0 Å². The lowest BCUT2D eigenvalue weighted by Crippen LogP contribution is -2.10. The van der Waals surface area contributed by atoms with Gasteiger partial charge in [0.05, 0.1) is 22.1 Å². The van der Waals surface area contributed by atoms with E-state index >= 15 is 0 Å². The second kappa shape index (κ2) is 6.10. The molecule has 104 valence electrons. The Balaban J connectivity index is 2.57. The third-order valence-corrected chi connectivity index (χ3v) is 3.82. The number of hydrogen-bond donors (Lipinski definition) is 0. The second-order valence-electron chi connectivity index (χ2n) is 4.94. The summed E-state index contributed by atoms with van der Waals surface area (Å²) in [5.74, 6) is 0.871. The molecule has 2 rings (SSSR count). The van der Waals surface area contributed by atoms with E-state index in [-0.39, 0.29) is 5.38 Å². The predicted octanol–water partition coefficient (Wildman–Crippen LogP) is 5.14. The van der Waals surface area contributed by atoms with Crippen LogP contribution >= 0.6 is 23.2 Å². The zero-order valence-corrected chi connectivity index (χ0v) is 13.0. The normalized spacial score (nSPS) is 14.8. The summed E-state index contributed by atoms with van der Waals surface area (Å²) in [5, 5.41) is 0.490. The van der Waals surface area contributed by atoms with Crippen LogP contribution in [-0.4, -0.2) is 14.5 Å². The molecule has 19 heavy (non-hydrogen) atoms. The fourth-order valence-electron chi connectivity index (χ4n) is 2.39. The molecule has 2 atom stereocenters. The van der Waals surface area contributed by atoms with Gasteiger partial charge in [0.25, 0.3) is 0 Å². The van der Waals surface area contributed by atoms with Crippen LogP contribution < -0.4 is 0 Å². The minimum atomic E-state index is -0.146. The molecule has 0 bridgehead atoms. The van der Waals surface area contributed by atoms with Gasteiger partial charge in [-0.2, -0.15) is 0 Å². The van der Waals surface area contributed by atoms with E-state index in [1.807, 2.05) is 6.92 Å². The number of nitrogens with zero attached hydrogens (tertiary/aromatic N) is 3. The molecule has 0 radical (unpaired) electrons. The van der Waals surface area contributed by atoms with Gasteiger partial charge in [-0.1, -0.05) is 31.4 Å². The van der Waals surface area contributed by atoms with Gasteiger partial charge in [0.15, 0.2) is 0 Å². The number of pyridine rings is 1. The summed E-state index contributed by atoms with van der Waals surface area (Å²) >= 11 is 12.6. The van der Waals surface area contributed by atoms with Gasteiger partial charge in [0.2, 0.25) is 0 Å². The number of unbranched alkanes of at least 4 members (excludes halogenated alkanes) is 1. The Bertz CT molecular complexity index is 563. The molecule has 2 unspecified atom stereocenters. The SMILES string of the molecule is CCCCC(C)n1c(C(C)Cl)nc2cncc(Cl)c21. The lowest BCUT2D eigenvalue weighted by Gasteiger charge is -2.18. The van der Waals surface area contributed by atoms with Crippen molar-refractivity contribution in [1.29, 1.82) is 0 Å². The Kier molecular flexibility index (Phi) is 4.69. The van der Waals surface area contributed by atoms with Crippen LogP contribution in [-0.2, 0) is 0 Å². The quantitative estimate of drug-likeness (QED) is 0.716. The summed E-state index contributed by atoms with van der Waals surface area (Å²) in [6, 6.07) is 0.334. The van der Waals surface area contributed by atoms with Crippen molar-refractivity contribution >= 4 is 34.2 Å². The lowest BCUT2D eigenvalue weighted by atomic mass is 10.1. The van der Waals surface area contributed by atoms with E-state index < -0.39 is 0 Å². The van der Waals surface area contributed by atoms with E-state index in [9.17, 15) is 0 Å². The maximum Gasteiger partial charge on any atom is 0.128 e. The Morgan fingerprint density at radius 3 is 2.68 bits per heavy atom. The van der Waals surface area contributed by atoms with E-state index in [2.05, 4.69) is 28.4 Å². The summed E-state index contributed by atoms with van der Waals surface area (Å²) < 4.78 is 2.17. The zero-order valence-electron chi connectivity index (χ0n) is 11.5. The molecule has 0 aliphatic carbocycles. The molecule has 2 heterocycles. The van der Waals surface area contributed by atoms with Crippen molar-refractivity contribution in [1.82, 2.24) is 14.5 Å². The van der Waals surface area contributed by atoms with Crippen LogP contribution in [0.1, 0.15) is 57.3 Å². The topological polar surface area (TPSA) is 30.7 Å². The number of halogens is 2. The Hall–Kier alpha value is -0.800. The Morgan fingerprint density at radius 1 is 1.32 bits per heavy atom. The second-order valence-corrected chi connectivity index (χ2v) is 6.00. The van der Waals surface area contributed by atoms with Gasteiger partial charge in [-0.25, -0.2) is 4.98 Å². The van der Waals surface area contributed by atoms with Gasteiger partial charge in [0.1, 0.15) is 11.3 Å². The van der Waals surface area contributed by atoms with Crippen LogP contribution in [0.25, 0.3) is 11.0 Å². The van der Waals surface area contributed by atoms with Crippen molar-refractivity contribution in [2.45, 2.75) is 51.5 Å².